The molecule has 0 spiro atoms. The van der Waals surface area contributed by atoms with E-state index in [-0.39, 0.29) is 23.4 Å². The molecule has 0 unspecified atom stereocenters. The smallest absolute Gasteiger partial charge is 0.264 e. The molecule has 1 N–H and O–H groups in total. The molecule has 0 radical (unpaired) electrons. The van der Waals surface area contributed by atoms with Crippen LogP contribution >= 0.6 is 0 Å². The van der Waals surface area contributed by atoms with Gasteiger partial charge in [-0.1, -0.05) is 92.4 Å². The molecule has 4 rings (SSSR count). The summed E-state index contributed by atoms with van der Waals surface area (Å²) >= 11 is 0. The molecule has 2 amide bonds. The molecule has 3 aromatic rings. The minimum absolute atomic E-state index is 0.103. The molecule has 40 heavy (non-hydrogen) atoms. The average Bonchev–Trinajstić information content (AvgIpc) is 2.97. The third-order valence-corrected chi connectivity index (χ3v) is 9.25. The minimum Gasteiger partial charge on any atom is -0.352 e. The average molecular weight is 562 g/mol. The van der Waals surface area contributed by atoms with E-state index < -0.39 is 28.5 Å². The van der Waals surface area contributed by atoms with Crippen LogP contribution in [0.15, 0.2) is 89.8 Å². The summed E-state index contributed by atoms with van der Waals surface area (Å²) in [6.45, 7) is 3.54. The van der Waals surface area contributed by atoms with E-state index in [1.54, 1.807) is 54.6 Å². The van der Waals surface area contributed by atoms with E-state index in [2.05, 4.69) is 5.32 Å². The summed E-state index contributed by atoms with van der Waals surface area (Å²) in [5, 5.41) is 3.17. The molecular formula is C32H39N3O4S. The molecule has 1 fully saturated rings. The van der Waals surface area contributed by atoms with Crippen LogP contribution in [0.2, 0.25) is 0 Å². The van der Waals surface area contributed by atoms with Gasteiger partial charge >= 0.3 is 0 Å². The van der Waals surface area contributed by atoms with Gasteiger partial charge in [0.05, 0.1) is 10.6 Å². The maximum atomic E-state index is 14.1. The van der Waals surface area contributed by atoms with Crippen LogP contribution in [0.25, 0.3) is 0 Å². The molecule has 1 atom stereocenters. The SMILES string of the molecule is CC[C@@H](C(=O)NC1CCCCC1)N(Cc1ccccc1)C(=O)CN(c1ccccc1)S(=O)(=O)c1ccc(C)cc1. The van der Waals surface area contributed by atoms with Crippen LogP contribution in [0.5, 0.6) is 0 Å². The third kappa shape index (κ3) is 7.30. The number of hydrogen-bond acceptors (Lipinski definition) is 4. The summed E-state index contributed by atoms with van der Waals surface area (Å²) in [5.74, 6) is -0.625. The number of carbonyl (C=O) groups excluding carboxylic acids is 2. The standard InChI is InChI=1S/C32H39N3O4S/c1-3-30(32(37)33-27-15-9-5-10-16-27)34(23-26-13-7-4-8-14-26)31(36)24-35(28-17-11-6-12-18-28)40(38,39)29-21-19-25(2)20-22-29/h4,6-8,11-14,17-22,27,30H,3,5,9-10,15-16,23-24H2,1-2H3,(H,33,37)/t30-/m0/s1. The Hall–Kier alpha value is -3.65. The number of nitrogens with one attached hydrogen (secondary N) is 1. The molecule has 0 aliphatic heterocycles. The van der Waals surface area contributed by atoms with E-state index >= 15 is 0 Å². The lowest BCUT2D eigenvalue weighted by Gasteiger charge is -2.34. The van der Waals surface area contributed by atoms with Gasteiger partial charge in [-0.25, -0.2) is 8.42 Å². The van der Waals surface area contributed by atoms with Gasteiger partial charge in [-0.05, 0) is 56.0 Å². The number of aryl methyl sites for hydroxylation is 1. The van der Waals surface area contributed by atoms with E-state index in [4.69, 9.17) is 0 Å². The lowest BCUT2D eigenvalue weighted by molar-refractivity contribution is -0.140. The number of rotatable bonds is 11. The van der Waals surface area contributed by atoms with Crippen molar-refractivity contribution in [2.24, 2.45) is 0 Å². The third-order valence-electron chi connectivity index (χ3n) is 7.47. The normalized spacial score (nSPS) is 14.8. The highest BCUT2D eigenvalue weighted by Crippen LogP contribution is 2.25. The van der Waals surface area contributed by atoms with Crippen LogP contribution in [0, 0.1) is 6.92 Å². The maximum Gasteiger partial charge on any atom is 0.264 e. The zero-order chi connectivity index (χ0) is 28.5. The van der Waals surface area contributed by atoms with Gasteiger partial charge in [-0.2, -0.15) is 0 Å². The molecule has 1 aliphatic carbocycles. The van der Waals surface area contributed by atoms with E-state index in [9.17, 15) is 18.0 Å². The second kappa shape index (κ2) is 13.6. The van der Waals surface area contributed by atoms with Gasteiger partial charge in [0, 0.05) is 12.6 Å². The Balaban J connectivity index is 1.67. The van der Waals surface area contributed by atoms with E-state index in [1.165, 1.54) is 11.3 Å². The van der Waals surface area contributed by atoms with E-state index in [0.29, 0.717) is 12.1 Å². The number of carbonyl (C=O) groups is 2. The molecule has 0 aromatic heterocycles. The van der Waals surface area contributed by atoms with Crippen molar-refractivity contribution in [3.63, 3.8) is 0 Å². The molecule has 0 heterocycles. The fourth-order valence-corrected chi connectivity index (χ4v) is 6.62. The van der Waals surface area contributed by atoms with Crippen molar-refractivity contribution < 1.29 is 18.0 Å². The summed E-state index contributed by atoms with van der Waals surface area (Å²) in [6.07, 6.45) is 5.62. The predicted octanol–water partition coefficient (Wildman–Crippen LogP) is 5.45. The monoisotopic (exact) mass is 561 g/mol. The van der Waals surface area contributed by atoms with Crippen LogP contribution in [-0.2, 0) is 26.2 Å². The fraction of sp³-hybridized carbons (Fsp3) is 0.375. The number of benzene rings is 3. The van der Waals surface area contributed by atoms with Crippen LogP contribution in [0.3, 0.4) is 0 Å². The highest BCUT2D eigenvalue weighted by atomic mass is 32.2. The second-order valence-corrected chi connectivity index (χ2v) is 12.3. The molecule has 0 bridgehead atoms. The largest absolute Gasteiger partial charge is 0.352 e. The quantitative estimate of drug-likeness (QED) is 0.338. The summed E-state index contributed by atoms with van der Waals surface area (Å²) < 4.78 is 28.9. The first-order valence-electron chi connectivity index (χ1n) is 14.1. The molecule has 1 aliphatic rings. The van der Waals surface area contributed by atoms with Gasteiger partial charge in [-0.15, -0.1) is 0 Å². The topological polar surface area (TPSA) is 86.8 Å². The lowest BCUT2D eigenvalue weighted by Crippen LogP contribution is -2.54. The second-order valence-electron chi connectivity index (χ2n) is 10.4. The van der Waals surface area contributed by atoms with Crippen molar-refractivity contribution in [1.29, 1.82) is 0 Å². The number of sulfonamides is 1. The molecule has 7 nitrogen and oxygen atoms in total. The van der Waals surface area contributed by atoms with Gasteiger partial charge < -0.3 is 10.2 Å². The molecular weight excluding hydrogens is 522 g/mol. The van der Waals surface area contributed by atoms with E-state index in [0.717, 1.165) is 41.1 Å². The van der Waals surface area contributed by atoms with Gasteiger partial charge in [0.1, 0.15) is 12.6 Å². The number of para-hydroxylation sites is 1. The van der Waals surface area contributed by atoms with Gasteiger partial charge in [0.25, 0.3) is 10.0 Å². The number of anilines is 1. The first-order chi connectivity index (χ1) is 19.3. The van der Waals surface area contributed by atoms with Crippen LogP contribution in [0.1, 0.15) is 56.6 Å². The predicted molar refractivity (Wildman–Crippen MR) is 158 cm³/mol. The molecule has 8 heteroatoms. The summed E-state index contributed by atoms with van der Waals surface area (Å²) in [6, 6.07) is 24.1. The fourth-order valence-electron chi connectivity index (χ4n) is 5.20. The summed E-state index contributed by atoms with van der Waals surface area (Å²) in [7, 11) is -4.06. The molecule has 1 saturated carbocycles. The lowest BCUT2D eigenvalue weighted by atomic mass is 9.95. The Labute approximate surface area is 238 Å². The molecule has 3 aromatic carbocycles. The van der Waals surface area contributed by atoms with Gasteiger partial charge in [0.2, 0.25) is 11.8 Å². The molecule has 212 valence electrons. The zero-order valence-electron chi connectivity index (χ0n) is 23.3. The number of amides is 2. The molecule has 0 saturated heterocycles. The van der Waals surface area contributed by atoms with Crippen molar-refractivity contribution in [3.8, 4) is 0 Å². The Morgan fingerprint density at radius 3 is 2.08 bits per heavy atom. The van der Waals surface area contributed by atoms with Crippen molar-refractivity contribution >= 4 is 27.5 Å². The van der Waals surface area contributed by atoms with Crippen molar-refractivity contribution in [2.45, 2.75) is 75.9 Å². The van der Waals surface area contributed by atoms with Crippen LogP contribution in [0.4, 0.5) is 5.69 Å². The summed E-state index contributed by atoms with van der Waals surface area (Å²) in [5.41, 5.74) is 2.19. The Kier molecular flexibility index (Phi) is 9.98. The maximum absolute atomic E-state index is 14.1. The number of nitrogens with zero attached hydrogens (tertiary/aromatic N) is 2. The first-order valence-corrected chi connectivity index (χ1v) is 15.5. The highest BCUT2D eigenvalue weighted by molar-refractivity contribution is 7.92. The number of hydrogen-bond donors (Lipinski definition) is 1. The van der Waals surface area contributed by atoms with Crippen molar-refractivity contribution in [1.82, 2.24) is 10.2 Å². The first kappa shape index (κ1) is 29.3. The van der Waals surface area contributed by atoms with E-state index in [1.807, 2.05) is 44.2 Å². The van der Waals surface area contributed by atoms with Crippen LogP contribution < -0.4 is 9.62 Å². The van der Waals surface area contributed by atoms with Crippen molar-refractivity contribution in [2.75, 3.05) is 10.8 Å². The van der Waals surface area contributed by atoms with Crippen molar-refractivity contribution in [3.05, 3.63) is 96.1 Å². The zero-order valence-corrected chi connectivity index (χ0v) is 24.1. The summed E-state index contributed by atoms with van der Waals surface area (Å²) in [4.78, 5) is 29.3. The highest BCUT2D eigenvalue weighted by Gasteiger charge is 2.34. The van der Waals surface area contributed by atoms with Gasteiger partial charge in [-0.3, -0.25) is 13.9 Å². The minimum atomic E-state index is -4.06. The Morgan fingerprint density at radius 2 is 1.48 bits per heavy atom. The van der Waals surface area contributed by atoms with Gasteiger partial charge in [0.15, 0.2) is 0 Å². The Morgan fingerprint density at radius 1 is 0.875 bits per heavy atom. The Bertz CT molecular complexity index is 1360. The van der Waals surface area contributed by atoms with Crippen LogP contribution in [-0.4, -0.2) is 43.8 Å².